The minimum absolute atomic E-state index is 0.140. The van der Waals surface area contributed by atoms with Crippen LogP contribution < -0.4 is 10.0 Å². The van der Waals surface area contributed by atoms with E-state index in [9.17, 15) is 13.2 Å². The molecule has 1 amide bonds. The Morgan fingerprint density at radius 2 is 1.64 bits per heavy atom. The fourth-order valence-corrected chi connectivity index (χ4v) is 4.13. The van der Waals surface area contributed by atoms with Gasteiger partial charge in [0.1, 0.15) is 0 Å². The Hall–Kier alpha value is -2.77. The highest BCUT2D eigenvalue weighted by Gasteiger charge is 2.18. The van der Waals surface area contributed by atoms with Gasteiger partial charge in [0.2, 0.25) is 0 Å². The van der Waals surface area contributed by atoms with Gasteiger partial charge in [-0.15, -0.1) is 11.8 Å². The largest absolute Gasteiger partial charge is 0.322 e. The number of aryl methyl sites for hydroxylation is 1. The van der Waals surface area contributed by atoms with Crippen LogP contribution in [0.3, 0.4) is 0 Å². The zero-order valence-corrected chi connectivity index (χ0v) is 17.1. The molecule has 0 aliphatic heterocycles. The van der Waals surface area contributed by atoms with Crippen LogP contribution in [0.2, 0.25) is 0 Å². The number of nitrogens with one attached hydrogen (secondary N) is 2. The summed E-state index contributed by atoms with van der Waals surface area (Å²) in [6.07, 6.45) is 1.95. The second-order valence-corrected chi connectivity index (χ2v) is 8.71. The normalized spacial score (nSPS) is 11.1. The van der Waals surface area contributed by atoms with Crippen LogP contribution >= 0.6 is 11.8 Å². The molecule has 0 aliphatic rings. The van der Waals surface area contributed by atoms with Gasteiger partial charge < -0.3 is 5.32 Å². The molecule has 0 aliphatic carbocycles. The van der Waals surface area contributed by atoms with E-state index in [1.165, 1.54) is 12.1 Å². The standard InChI is InChI=1S/C21H20N2O3S2/c1-15-10-12-18(13-11-15)28(25,26)23-20-9-4-3-8-19(20)21(24)22-16-6-5-7-17(14-16)27-2/h3-14,23H,1-2H3,(H,22,24). The van der Waals surface area contributed by atoms with E-state index in [1.54, 1.807) is 54.2 Å². The number of carbonyl (C=O) groups excluding carboxylic acids is 1. The molecule has 0 spiro atoms. The highest BCUT2D eigenvalue weighted by molar-refractivity contribution is 7.98. The molecule has 0 atom stereocenters. The van der Waals surface area contributed by atoms with Crippen molar-refractivity contribution in [3.05, 3.63) is 83.9 Å². The van der Waals surface area contributed by atoms with E-state index < -0.39 is 10.0 Å². The van der Waals surface area contributed by atoms with Gasteiger partial charge >= 0.3 is 0 Å². The molecule has 0 fully saturated rings. The topological polar surface area (TPSA) is 75.3 Å². The van der Waals surface area contributed by atoms with Gasteiger partial charge in [-0.05, 0) is 55.6 Å². The number of benzene rings is 3. The summed E-state index contributed by atoms with van der Waals surface area (Å²) in [7, 11) is -3.80. The van der Waals surface area contributed by atoms with Crippen LogP contribution in [-0.2, 0) is 10.0 Å². The highest BCUT2D eigenvalue weighted by Crippen LogP contribution is 2.23. The molecule has 28 heavy (non-hydrogen) atoms. The van der Waals surface area contributed by atoms with E-state index in [0.717, 1.165) is 10.5 Å². The Morgan fingerprint density at radius 1 is 0.929 bits per heavy atom. The average molecular weight is 413 g/mol. The number of sulfonamides is 1. The van der Waals surface area contributed by atoms with Crippen molar-refractivity contribution in [2.24, 2.45) is 0 Å². The number of para-hydroxylation sites is 1. The van der Waals surface area contributed by atoms with Gasteiger partial charge in [-0.2, -0.15) is 0 Å². The summed E-state index contributed by atoms with van der Waals surface area (Å²) >= 11 is 1.57. The maximum absolute atomic E-state index is 12.7. The van der Waals surface area contributed by atoms with Crippen LogP contribution in [0.5, 0.6) is 0 Å². The molecule has 0 radical (unpaired) electrons. The van der Waals surface area contributed by atoms with E-state index in [4.69, 9.17) is 0 Å². The minimum atomic E-state index is -3.80. The Balaban J connectivity index is 1.86. The maximum Gasteiger partial charge on any atom is 0.261 e. The molecule has 5 nitrogen and oxygen atoms in total. The predicted octanol–water partition coefficient (Wildman–Crippen LogP) is 4.77. The SMILES string of the molecule is CSc1cccc(NC(=O)c2ccccc2NS(=O)(=O)c2ccc(C)cc2)c1. The zero-order chi connectivity index (χ0) is 20.1. The lowest BCUT2D eigenvalue weighted by Crippen LogP contribution is -2.18. The number of hydrogen-bond acceptors (Lipinski definition) is 4. The smallest absolute Gasteiger partial charge is 0.261 e. The number of rotatable bonds is 6. The average Bonchev–Trinajstić information content (AvgIpc) is 2.68. The summed E-state index contributed by atoms with van der Waals surface area (Å²) in [5.41, 5.74) is 2.08. The first-order valence-electron chi connectivity index (χ1n) is 8.53. The Morgan fingerprint density at radius 3 is 2.36 bits per heavy atom. The monoisotopic (exact) mass is 412 g/mol. The van der Waals surface area contributed by atoms with Crippen LogP contribution in [0, 0.1) is 6.92 Å². The molecule has 0 saturated heterocycles. The first-order chi connectivity index (χ1) is 13.4. The van der Waals surface area contributed by atoms with Gasteiger partial charge in [0, 0.05) is 10.6 Å². The summed E-state index contributed by atoms with van der Waals surface area (Å²) in [6, 6.07) is 20.5. The Kier molecular flexibility index (Phi) is 6.06. The number of carbonyl (C=O) groups is 1. The molecule has 2 N–H and O–H groups in total. The molecule has 3 aromatic rings. The van der Waals surface area contributed by atoms with E-state index in [0.29, 0.717) is 5.69 Å². The van der Waals surface area contributed by atoms with Crippen molar-refractivity contribution in [2.75, 3.05) is 16.3 Å². The molecule has 3 rings (SSSR count). The molecule has 7 heteroatoms. The molecular weight excluding hydrogens is 392 g/mol. The molecule has 3 aromatic carbocycles. The first kappa shape index (κ1) is 20.0. The van der Waals surface area contributed by atoms with Gasteiger partial charge in [-0.25, -0.2) is 8.42 Å². The summed E-state index contributed by atoms with van der Waals surface area (Å²) in [4.78, 5) is 13.9. The van der Waals surface area contributed by atoms with E-state index in [1.807, 2.05) is 31.4 Å². The summed E-state index contributed by atoms with van der Waals surface area (Å²) in [5, 5.41) is 2.82. The fraction of sp³-hybridized carbons (Fsp3) is 0.0952. The predicted molar refractivity (Wildman–Crippen MR) is 115 cm³/mol. The summed E-state index contributed by atoms with van der Waals surface area (Å²) in [5.74, 6) is -0.388. The van der Waals surface area contributed by atoms with Crippen molar-refractivity contribution < 1.29 is 13.2 Å². The molecule has 0 saturated carbocycles. The maximum atomic E-state index is 12.7. The third-order valence-electron chi connectivity index (χ3n) is 4.07. The number of hydrogen-bond donors (Lipinski definition) is 2. The van der Waals surface area contributed by atoms with Gasteiger partial charge in [0.25, 0.3) is 15.9 Å². The highest BCUT2D eigenvalue weighted by atomic mass is 32.2. The van der Waals surface area contributed by atoms with Crippen molar-refractivity contribution in [3.8, 4) is 0 Å². The van der Waals surface area contributed by atoms with Gasteiger partial charge in [0.15, 0.2) is 0 Å². The van der Waals surface area contributed by atoms with Gasteiger partial charge in [-0.1, -0.05) is 35.9 Å². The van der Waals surface area contributed by atoms with Gasteiger partial charge in [-0.3, -0.25) is 9.52 Å². The molecule has 0 unspecified atom stereocenters. The van der Waals surface area contributed by atoms with Crippen LogP contribution in [-0.4, -0.2) is 20.6 Å². The van der Waals surface area contributed by atoms with E-state index in [-0.39, 0.29) is 22.1 Å². The number of anilines is 2. The van der Waals surface area contributed by atoms with E-state index in [2.05, 4.69) is 10.0 Å². The van der Waals surface area contributed by atoms with Gasteiger partial charge in [0.05, 0.1) is 16.1 Å². The van der Waals surface area contributed by atoms with Crippen molar-refractivity contribution >= 4 is 39.1 Å². The van der Waals surface area contributed by atoms with Crippen LogP contribution in [0.4, 0.5) is 11.4 Å². The molecular formula is C21H20N2O3S2. The second-order valence-electron chi connectivity index (χ2n) is 6.15. The van der Waals surface area contributed by atoms with Crippen LogP contribution in [0.1, 0.15) is 15.9 Å². The minimum Gasteiger partial charge on any atom is -0.322 e. The van der Waals surface area contributed by atoms with Crippen molar-refractivity contribution in [3.63, 3.8) is 0 Å². The number of amides is 1. The second kappa shape index (κ2) is 8.50. The summed E-state index contributed by atoms with van der Waals surface area (Å²) < 4.78 is 27.9. The lowest BCUT2D eigenvalue weighted by atomic mass is 10.1. The molecule has 144 valence electrons. The Bertz CT molecular complexity index is 1090. The third-order valence-corrected chi connectivity index (χ3v) is 6.18. The van der Waals surface area contributed by atoms with Crippen LogP contribution in [0.15, 0.2) is 82.6 Å². The lowest BCUT2D eigenvalue weighted by molar-refractivity contribution is 0.102. The Labute approximate surface area is 169 Å². The first-order valence-corrected chi connectivity index (χ1v) is 11.2. The third kappa shape index (κ3) is 4.74. The van der Waals surface area contributed by atoms with Crippen molar-refractivity contribution in [1.29, 1.82) is 0 Å². The fourth-order valence-electron chi connectivity index (χ4n) is 2.59. The van der Waals surface area contributed by atoms with Crippen LogP contribution in [0.25, 0.3) is 0 Å². The molecule has 0 bridgehead atoms. The van der Waals surface area contributed by atoms with Crippen molar-refractivity contribution in [1.82, 2.24) is 0 Å². The lowest BCUT2D eigenvalue weighted by Gasteiger charge is -2.13. The molecule has 0 aromatic heterocycles. The summed E-state index contributed by atoms with van der Waals surface area (Å²) in [6.45, 7) is 1.88. The van der Waals surface area contributed by atoms with Crippen molar-refractivity contribution in [2.45, 2.75) is 16.7 Å². The number of thioether (sulfide) groups is 1. The van der Waals surface area contributed by atoms with E-state index >= 15 is 0 Å². The quantitative estimate of drug-likeness (QED) is 0.572. The zero-order valence-electron chi connectivity index (χ0n) is 15.5. The molecule has 0 heterocycles.